The zero-order valence-corrected chi connectivity index (χ0v) is 14.9. The van der Waals surface area contributed by atoms with Gasteiger partial charge >= 0.3 is 0 Å². The van der Waals surface area contributed by atoms with Crippen molar-refractivity contribution < 1.29 is 0 Å². The molecule has 1 N–H and O–H groups in total. The van der Waals surface area contributed by atoms with Gasteiger partial charge in [-0.1, -0.05) is 37.6 Å². The largest absolute Gasteiger partial charge is 0.310 e. The zero-order valence-electron chi connectivity index (χ0n) is 11.7. The molecule has 0 bridgehead atoms. The van der Waals surface area contributed by atoms with Crippen LogP contribution in [0.5, 0.6) is 0 Å². The van der Waals surface area contributed by atoms with Crippen molar-refractivity contribution in [3.05, 3.63) is 55.1 Å². The smallest absolute Gasteiger partial charge is 0.0595 e. The van der Waals surface area contributed by atoms with E-state index in [0.29, 0.717) is 0 Å². The van der Waals surface area contributed by atoms with Gasteiger partial charge in [-0.25, -0.2) is 0 Å². The first-order valence-corrected chi connectivity index (χ1v) is 8.89. The maximum atomic E-state index is 6.44. The number of rotatable bonds is 6. The fraction of sp³-hybridized carbons (Fsp3) is 0.375. The van der Waals surface area contributed by atoms with E-state index in [9.17, 15) is 0 Å². The third-order valence-corrected chi connectivity index (χ3v) is 5.84. The minimum atomic E-state index is 0.258. The van der Waals surface area contributed by atoms with Crippen LogP contribution >= 0.6 is 38.9 Å². The van der Waals surface area contributed by atoms with E-state index in [1.165, 1.54) is 9.75 Å². The molecule has 1 aromatic heterocycles. The SMILES string of the molecule is CCNC(Cc1ccc(CC)s1)c1cccc(Br)c1Cl. The van der Waals surface area contributed by atoms with Crippen LogP contribution in [0.3, 0.4) is 0 Å². The number of nitrogens with one attached hydrogen (secondary N) is 1. The minimum absolute atomic E-state index is 0.258. The Bertz CT molecular complexity index is 567. The molecule has 0 aliphatic heterocycles. The van der Waals surface area contributed by atoms with Crippen LogP contribution in [0, 0.1) is 0 Å². The summed E-state index contributed by atoms with van der Waals surface area (Å²) >= 11 is 11.8. The van der Waals surface area contributed by atoms with E-state index in [4.69, 9.17) is 11.6 Å². The van der Waals surface area contributed by atoms with Crippen molar-refractivity contribution in [2.45, 2.75) is 32.7 Å². The van der Waals surface area contributed by atoms with E-state index < -0.39 is 0 Å². The molecule has 0 amide bonds. The van der Waals surface area contributed by atoms with Crippen LogP contribution in [-0.2, 0) is 12.8 Å². The van der Waals surface area contributed by atoms with Gasteiger partial charge in [0.05, 0.1) is 5.02 Å². The number of likely N-dealkylation sites (N-methyl/N-ethyl adjacent to an activating group) is 1. The lowest BCUT2D eigenvalue weighted by Gasteiger charge is -2.19. The Labute approximate surface area is 138 Å². The van der Waals surface area contributed by atoms with Gasteiger partial charge in [0.15, 0.2) is 0 Å². The second-order valence-electron chi connectivity index (χ2n) is 4.68. The number of halogens is 2. The first-order valence-electron chi connectivity index (χ1n) is 6.90. The summed E-state index contributed by atoms with van der Waals surface area (Å²) in [5, 5.41) is 4.35. The fourth-order valence-electron chi connectivity index (χ4n) is 2.25. The van der Waals surface area contributed by atoms with E-state index in [-0.39, 0.29) is 6.04 Å². The molecule has 1 aromatic carbocycles. The molecule has 2 rings (SSSR count). The third kappa shape index (κ3) is 3.85. The quantitative estimate of drug-likeness (QED) is 0.694. The van der Waals surface area contributed by atoms with Gasteiger partial charge in [0.1, 0.15) is 0 Å². The van der Waals surface area contributed by atoms with E-state index >= 15 is 0 Å². The van der Waals surface area contributed by atoms with Gasteiger partial charge in [0.25, 0.3) is 0 Å². The Hall–Kier alpha value is -0.350. The Kier molecular flexibility index (Phi) is 6.09. The van der Waals surface area contributed by atoms with Gasteiger partial charge in [0.2, 0.25) is 0 Å². The van der Waals surface area contributed by atoms with Gasteiger partial charge in [-0.3, -0.25) is 0 Å². The molecule has 20 heavy (non-hydrogen) atoms. The number of benzene rings is 1. The molecule has 1 atom stereocenters. The third-order valence-electron chi connectivity index (χ3n) is 3.28. The number of thiophene rings is 1. The highest BCUT2D eigenvalue weighted by molar-refractivity contribution is 9.10. The van der Waals surface area contributed by atoms with E-state index in [1.54, 1.807) is 0 Å². The lowest BCUT2D eigenvalue weighted by Crippen LogP contribution is -2.23. The molecule has 1 unspecified atom stereocenters. The Morgan fingerprint density at radius 1 is 1.20 bits per heavy atom. The van der Waals surface area contributed by atoms with Crippen molar-refractivity contribution in [1.29, 1.82) is 0 Å². The average Bonchev–Trinajstić information content (AvgIpc) is 2.89. The predicted octanol–water partition coefficient (Wildman–Crippen LogP) is 5.62. The van der Waals surface area contributed by atoms with E-state index in [1.807, 2.05) is 23.5 Å². The minimum Gasteiger partial charge on any atom is -0.310 e. The lowest BCUT2D eigenvalue weighted by atomic mass is 10.0. The van der Waals surface area contributed by atoms with Crippen LogP contribution in [0.2, 0.25) is 5.02 Å². The van der Waals surface area contributed by atoms with Crippen molar-refractivity contribution in [2.24, 2.45) is 0 Å². The molecule has 0 spiro atoms. The molecule has 108 valence electrons. The zero-order chi connectivity index (χ0) is 14.5. The molecule has 0 saturated carbocycles. The first-order chi connectivity index (χ1) is 9.65. The number of aryl methyl sites for hydroxylation is 1. The molecule has 4 heteroatoms. The monoisotopic (exact) mass is 371 g/mol. The van der Waals surface area contributed by atoms with Gasteiger partial charge in [-0.15, -0.1) is 11.3 Å². The van der Waals surface area contributed by atoms with E-state index in [2.05, 4.69) is 53.3 Å². The Morgan fingerprint density at radius 3 is 2.60 bits per heavy atom. The van der Waals surface area contributed by atoms with Crippen molar-refractivity contribution in [3.8, 4) is 0 Å². The lowest BCUT2D eigenvalue weighted by molar-refractivity contribution is 0.553. The number of hydrogen-bond donors (Lipinski definition) is 1. The van der Waals surface area contributed by atoms with Crippen LogP contribution in [-0.4, -0.2) is 6.54 Å². The van der Waals surface area contributed by atoms with Crippen molar-refractivity contribution in [3.63, 3.8) is 0 Å². The fourth-order valence-corrected chi connectivity index (χ4v) is 3.89. The van der Waals surface area contributed by atoms with Crippen LogP contribution in [0.1, 0.15) is 35.2 Å². The maximum absolute atomic E-state index is 6.44. The summed E-state index contributed by atoms with van der Waals surface area (Å²) in [7, 11) is 0. The molecule has 2 aromatic rings. The summed E-state index contributed by atoms with van der Waals surface area (Å²) in [5.74, 6) is 0. The highest BCUT2D eigenvalue weighted by Crippen LogP contribution is 2.33. The van der Waals surface area contributed by atoms with Crippen LogP contribution in [0.4, 0.5) is 0 Å². The molecule has 0 saturated heterocycles. The summed E-state index contributed by atoms with van der Waals surface area (Å²) in [6, 6.07) is 10.9. The van der Waals surface area contributed by atoms with Crippen LogP contribution in [0.25, 0.3) is 0 Å². The highest BCUT2D eigenvalue weighted by Gasteiger charge is 2.16. The number of hydrogen-bond acceptors (Lipinski definition) is 2. The molecular weight excluding hydrogens is 354 g/mol. The Morgan fingerprint density at radius 2 is 1.95 bits per heavy atom. The first kappa shape index (κ1) is 16.0. The van der Waals surface area contributed by atoms with Crippen molar-refractivity contribution >= 4 is 38.9 Å². The second kappa shape index (κ2) is 7.60. The summed E-state index contributed by atoms with van der Waals surface area (Å²) in [6.45, 7) is 5.26. The molecule has 0 aliphatic rings. The summed E-state index contributed by atoms with van der Waals surface area (Å²) in [4.78, 5) is 2.85. The second-order valence-corrected chi connectivity index (χ2v) is 7.16. The van der Waals surface area contributed by atoms with Gasteiger partial charge in [-0.2, -0.15) is 0 Å². The highest BCUT2D eigenvalue weighted by atomic mass is 79.9. The van der Waals surface area contributed by atoms with Crippen LogP contribution in [0.15, 0.2) is 34.8 Å². The summed E-state index contributed by atoms with van der Waals surface area (Å²) in [5.41, 5.74) is 1.16. The average molecular weight is 373 g/mol. The topological polar surface area (TPSA) is 12.0 Å². The van der Waals surface area contributed by atoms with Crippen LogP contribution < -0.4 is 5.32 Å². The maximum Gasteiger partial charge on any atom is 0.0595 e. The molecule has 0 aliphatic carbocycles. The normalized spacial score (nSPS) is 12.6. The predicted molar refractivity (Wildman–Crippen MR) is 93.0 cm³/mol. The van der Waals surface area contributed by atoms with Crippen molar-refractivity contribution in [2.75, 3.05) is 6.54 Å². The molecule has 1 nitrogen and oxygen atoms in total. The van der Waals surface area contributed by atoms with Gasteiger partial charge in [-0.05, 0) is 52.7 Å². The summed E-state index contributed by atoms with van der Waals surface area (Å²) in [6.07, 6.45) is 2.09. The molecule has 1 heterocycles. The standard InChI is InChI=1S/C16H19BrClNS/c1-3-11-8-9-12(20-11)10-15(19-4-2)13-6-5-7-14(17)16(13)18/h5-9,15,19H,3-4,10H2,1-2H3. The van der Waals surface area contributed by atoms with Crippen molar-refractivity contribution in [1.82, 2.24) is 5.32 Å². The molecular formula is C16H19BrClNS. The Balaban J connectivity index is 2.24. The van der Waals surface area contributed by atoms with E-state index in [0.717, 1.165) is 34.4 Å². The van der Waals surface area contributed by atoms with Gasteiger partial charge < -0.3 is 5.32 Å². The van der Waals surface area contributed by atoms with Gasteiger partial charge in [0, 0.05) is 26.7 Å². The molecule has 0 fully saturated rings. The summed E-state index contributed by atoms with van der Waals surface area (Å²) < 4.78 is 0.958. The molecule has 0 radical (unpaired) electrons.